The molecule has 6 nitrogen and oxygen atoms in total. The number of rotatable bonds is 57. The molecule has 0 aliphatic heterocycles. The highest BCUT2D eigenvalue weighted by atomic mass is 16.6. The molecule has 0 saturated heterocycles. The van der Waals surface area contributed by atoms with Gasteiger partial charge < -0.3 is 14.2 Å². The van der Waals surface area contributed by atoms with Gasteiger partial charge in [0.2, 0.25) is 0 Å². The van der Waals surface area contributed by atoms with Gasteiger partial charge in [0.05, 0.1) is 0 Å². The normalized spacial score (nSPS) is 12.8. The fourth-order valence-corrected chi connectivity index (χ4v) is 8.75. The standard InChI is InChI=1S/C70H118O6/c1-4-7-10-13-16-18-20-22-24-26-28-29-30-31-32-33-34-35-36-37-38-39-40-41-42-44-45-47-49-51-54-57-60-63-69(72)75-66-67(65-74-68(71)62-59-56-53-15-12-9-6-3)76-70(73)64-61-58-55-52-50-48-46-43-27-25-23-21-19-17-14-11-8-5-2/h7,10,16,18-19,21-22,24-25,27-29,31-32,34-35,37-38,67H,4-6,8-9,11-15,17,20,23,26,30,33,36,39-66H2,1-3H3/b10-7-,18-16-,21-19-,24-22-,27-25-,29-28-,32-31-,35-34-,38-37-. The molecular formula is C70H118O6. The van der Waals surface area contributed by atoms with Crippen LogP contribution in [0.15, 0.2) is 109 Å². The molecule has 0 aliphatic carbocycles. The van der Waals surface area contributed by atoms with Gasteiger partial charge in [0.25, 0.3) is 0 Å². The van der Waals surface area contributed by atoms with Crippen molar-refractivity contribution in [3.63, 3.8) is 0 Å². The van der Waals surface area contributed by atoms with Gasteiger partial charge in [-0.25, -0.2) is 0 Å². The van der Waals surface area contributed by atoms with E-state index >= 15 is 0 Å². The van der Waals surface area contributed by atoms with Gasteiger partial charge in [-0.15, -0.1) is 0 Å². The first-order valence-corrected chi connectivity index (χ1v) is 31.9. The second kappa shape index (κ2) is 63.6. The van der Waals surface area contributed by atoms with Crippen LogP contribution in [0.3, 0.4) is 0 Å². The van der Waals surface area contributed by atoms with E-state index in [1.54, 1.807) is 0 Å². The summed E-state index contributed by atoms with van der Waals surface area (Å²) in [6.45, 7) is 6.47. The molecule has 0 N–H and O–H groups in total. The van der Waals surface area contributed by atoms with E-state index in [0.29, 0.717) is 19.3 Å². The molecule has 434 valence electrons. The number of ether oxygens (including phenoxy) is 3. The van der Waals surface area contributed by atoms with E-state index in [9.17, 15) is 14.4 Å². The monoisotopic (exact) mass is 1050 g/mol. The van der Waals surface area contributed by atoms with Gasteiger partial charge in [-0.05, 0) is 109 Å². The molecule has 1 unspecified atom stereocenters. The summed E-state index contributed by atoms with van der Waals surface area (Å²) in [5.74, 6) is -0.892. The van der Waals surface area contributed by atoms with Crippen molar-refractivity contribution in [3.8, 4) is 0 Å². The highest BCUT2D eigenvalue weighted by Crippen LogP contribution is 2.16. The summed E-state index contributed by atoms with van der Waals surface area (Å²) in [5.41, 5.74) is 0. The molecule has 0 aromatic carbocycles. The first-order chi connectivity index (χ1) is 37.5. The van der Waals surface area contributed by atoms with Crippen LogP contribution in [0.1, 0.15) is 297 Å². The summed E-state index contributed by atoms with van der Waals surface area (Å²) >= 11 is 0. The number of carbonyl (C=O) groups is 3. The Bertz CT molecular complexity index is 1540. The van der Waals surface area contributed by atoms with E-state index in [1.807, 2.05) is 0 Å². The van der Waals surface area contributed by atoms with E-state index in [-0.39, 0.29) is 31.1 Å². The zero-order valence-corrected chi connectivity index (χ0v) is 49.7. The Morgan fingerprint density at radius 2 is 0.513 bits per heavy atom. The quantitative estimate of drug-likeness (QED) is 0.0261. The molecule has 76 heavy (non-hydrogen) atoms. The molecule has 0 amide bonds. The predicted octanol–water partition coefficient (Wildman–Crippen LogP) is 21.8. The molecule has 0 rings (SSSR count). The molecule has 0 bridgehead atoms. The Balaban J connectivity index is 4.11. The molecule has 0 saturated carbocycles. The van der Waals surface area contributed by atoms with E-state index in [1.165, 1.54) is 141 Å². The van der Waals surface area contributed by atoms with Crippen molar-refractivity contribution >= 4 is 17.9 Å². The molecule has 1 atom stereocenters. The second-order valence-corrected chi connectivity index (χ2v) is 20.9. The van der Waals surface area contributed by atoms with Crippen molar-refractivity contribution < 1.29 is 28.6 Å². The van der Waals surface area contributed by atoms with Crippen LogP contribution in [-0.4, -0.2) is 37.2 Å². The van der Waals surface area contributed by atoms with Crippen molar-refractivity contribution in [1.82, 2.24) is 0 Å². The van der Waals surface area contributed by atoms with Gasteiger partial charge >= 0.3 is 17.9 Å². The van der Waals surface area contributed by atoms with Crippen molar-refractivity contribution in [2.45, 2.75) is 303 Å². The van der Waals surface area contributed by atoms with Crippen molar-refractivity contribution in [2.24, 2.45) is 0 Å². The second-order valence-electron chi connectivity index (χ2n) is 20.9. The minimum Gasteiger partial charge on any atom is -0.462 e. The van der Waals surface area contributed by atoms with Crippen LogP contribution >= 0.6 is 0 Å². The van der Waals surface area contributed by atoms with E-state index in [4.69, 9.17) is 14.2 Å². The average molecular weight is 1060 g/mol. The van der Waals surface area contributed by atoms with Crippen molar-refractivity contribution in [2.75, 3.05) is 13.2 Å². The number of hydrogen-bond donors (Lipinski definition) is 0. The van der Waals surface area contributed by atoms with Crippen LogP contribution in [0, 0.1) is 0 Å². The Labute approximate surface area is 470 Å². The van der Waals surface area contributed by atoms with E-state index in [0.717, 1.165) is 116 Å². The summed E-state index contributed by atoms with van der Waals surface area (Å²) in [6.07, 6.45) is 86.9. The highest BCUT2D eigenvalue weighted by molar-refractivity contribution is 5.71. The lowest BCUT2D eigenvalue weighted by Crippen LogP contribution is -2.30. The molecule has 0 heterocycles. The lowest BCUT2D eigenvalue weighted by Gasteiger charge is -2.18. The highest BCUT2D eigenvalue weighted by Gasteiger charge is 2.19. The zero-order valence-electron chi connectivity index (χ0n) is 49.7. The maximum absolute atomic E-state index is 12.8. The summed E-state index contributed by atoms with van der Waals surface area (Å²) in [5, 5.41) is 0. The van der Waals surface area contributed by atoms with Crippen LogP contribution in [0.25, 0.3) is 0 Å². The van der Waals surface area contributed by atoms with Gasteiger partial charge in [0.15, 0.2) is 6.10 Å². The fraction of sp³-hybridized carbons (Fsp3) is 0.700. The molecular weight excluding hydrogens is 937 g/mol. The Hall–Kier alpha value is -3.93. The fourth-order valence-electron chi connectivity index (χ4n) is 8.75. The average Bonchev–Trinajstić information content (AvgIpc) is 3.42. The molecule has 0 fully saturated rings. The lowest BCUT2D eigenvalue weighted by molar-refractivity contribution is -0.167. The third-order valence-electron chi connectivity index (χ3n) is 13.5. The van der Waals surface area contributed by atoms with Gasteiger partial charge in [-0.3, -0.25) is 14.4 Å². The van der Waals surface area contributed by atoms with Crippen molar-refractivity contribution in [3.05, 3.63) is 109 Å². The Morgan fingerprint density at radius 1 is 0.276 bits per heavy atom. The third kappa shape index (κ3) is 60.9. The number of hydrogen-bond acceptors (Lipinski definition) is 6. The molecule has 0 radical (unpaired) electrons. The van der Waals surface area contributed by atoms with Crippen molar-refractivity contribution in [1.29, 1.82) is 0 Å². The van der Waals surface area contributed by atoms with Gasteiger partial charge in [-0.1, -0.05) is 278 Å². The smallest absolute Gasteiger partial charge is 0.306 e. The van der Waals surface area contributed by atoms with Crippen LogP contribution < -0.4 is 0 Å². The number of allylic oxidation sites excluding steroid dienone is 18. The zero-order chi connectivity index (χ0) is 55.0. The van der Waals surface area contributed by atoms with Crippen LogP contribution in [0.4, 0.5) is 0 Å². The topological polar surface area (TPSA) is 78.9 Å². The van der Waals surface area contributed by atoms with Gasteiger partial charge in [0, 0.05) is 19.3 Å². The van der Waals surface area contributed by atoms with Gasteiger partial charge in [-0.2, -0.15) is 0 Å². The molecule has 0 aromatic heterocycles. The molecule has 0 aliphatic rings. The molecule has 0 spiro atoms. The van der Waals surface area contributed by atoms with Crippen LogP contribution in [0.5, 0.6) is 0 Å². The lowest BCUT2D eigenvalue weighted by atomic mass is 10.0. The van der Waals surface area contributed by atoms with Crippen LogP contribution in [0.2, 0.25) is 0 Å². The van der Waals surface area contributed by atoms with Gasteiger partial charge in [0.1, 0.15) is 13.2 Å². The third-order valence-corrected chi connectivity index (χ3v) is 13.5. The minimum absolute atomic E-state index is 0.0803. The maximum atomic E-state index is 12.8. The molecule has 0 aromatic rings. The number of unbranched alkanes of at least 4 members (excludes halogenated alkanes) is 28. The number of carbonyl (C=O) groups excluding carboxylic acids is 3. The Morgan fingerprint density at radius 3 is 0.816 bits per heavy atom. The minimum atomic E-state index is -0.781. The molecule has 6 heteroatoms. The summed E-state index contributed by atoms with van der Waals surface area (Å²) in [6, 6.07) is 0. The Kier molecular flexibility index (Phi) is 60.3. The SMILES string of the molecule is CC/C=C\C/C=C\C/C=C\C/C=C\C/C=C\C/C=C\C/C=C\CCCCCCCCCCCCCC(=O)OCC(COC(=O)CCCCCCCCC)OC(=O)CCCCCCCCC/C=C\C/C=C\CCCCCC. The largest absolute Gasteiger partial charge is 0.462 e. The summed E-state index contributed by atoms with van der Waals surface area (Å²) in [7, 11) is 0. The maximum Gasteiger partial charge on any atom is 0.306 e. The van der Waals surface area contributed by atoms with Crippen LogP contribution in [-0.2, 0) is 28.6 Å². The first-order valence-electron chi connectivity index (χ1n) is 31.9. The first kappa shape index (κ1) is 72.1. The summed E-state index contributed by atoms with van der Waals surface area (Å²) in [4.78, 5) is 38.0. The van der Waals surface area contributed by atoms with E-state index in [2.05, 4.69) is 130 Å². The predicted molar refractivity (Wildman–Crippen MR) is 330 cm³/mol. The summed E-state index contributed by atoms with van der Waals surface area (Å²) < 4.78 is 16.8. The van der Waals surface area contributed by atoms with E-state index < -0.39 is 6.10 Å². The number of esters is 3.